The molecule has 3 heterocycles. The first kappa shape index (κ1) is 19.3. The molecule has 0 fully saturated rings. The number of hydrogen-bond donors (Lipinski definition) is 0. The lowest BCUT2D eigenvalue weighted by molar-refractivity contribution is 1.16. The fourth-order valence-electron chi connectivity index (χ4n) is 7.16. The molecule has 7 aromatic carbocycles. The SMILES string of the molecule is [2H]c1c([2H])c([2H])c2c(c1[2H])c1cc(-n3c4ccccc4c4ccccc43)c([2H])c([2H])c1n2-c1cccc2c1c1ccccc1n2-c1ccccc1. The molecular weight excluding hydrogens is 546 g/mol. The number of fused-ring (bicyclic) bond motifs is 9. The van der Waals surface area contributed by atoms with Crippen molar-refractivity contribution in [3.63, 3.8) is 0 Å². The van der Waals surface area contributed by atoms with E-state index in [2.05, 4.69) is 28.8 Å². The number of para-hydroxylation sites is 5. The molecule has 0 spiro atoms. The number of benzene rings is 7. The summed E-state index contributed by atoms with van der Waals surface area (Å²) in [4.78, 5) is 0. The number of rotatable bonds is 3. The molecule has 45 heavy (non-hydrogen) atoms. The summed E-state index contributed by atoms with van der Waals surface area (Å²) in [6, 6.07) is 40.8. The average molecular weight is 580 g/mol. The van der Waals surface area contributed by atoms with Crippen molar-refractivity contribution in [1.29, 1.82) is 0 Å². The van der Waals surface area contributed by atoms with Gasteiger partial charge in [-0.05, 0) is 66.7 Å². The Labute approximate surface area is 267 Å². The molecule has 3 heteroatoms. The van der Waals surface area contributed by atoms with Gasteiger partial charge in [0.2, 0.25) is 0 Å². The van der Waals surface area contributed by atoms with Crippen LogP contribution in [-0.4, -0.2) is 13.7 Å². The van der Waals surface area contributed by atoms with E-state index in [1.807, 2.05) is 108 Å². The Morgan fingerprint density at radius 1 is 0.356 bits per heavy atom. The van der Waals surface area contributed by atoms with Crippen LogP contribution in [0.15, 0.2) is 164 Å². The van der Waals surface area contributed by atoms with Crippen molar-refractivity contribution in [2.24, 2.45) is 0 Å². The van der Waals surface area contributed by atoms with E-state index in [-0.39, 0.29) is 41.8 Å². The second kappa shape index (κ2) is 9.22. The fourth-order valence-corrected chi connectivity index (χ4v) is 7.16. The van der Waals surface area contributed by atoms with E-state index >= 15 is 0 Å². The van der Waals surface area contributed by atoms with Gasteiger partial charge in [0.05, 0.1) is 47.0 Å². The van der Waals surface area contributed by atoms with E-state index in [9.17, 15) is 5.48 Å². The van der Waals surface area contributed by atoms with Gasteiger partial charge < -0.3 is 13.7 Å². The maximum Gasteiger partial charge on any atom is 0.0646 e. The van der Waals surface area contributed by atoms with Crippen LogP contribution in [0, 0.1) is 0 Å². The van der Waals surface area contributed by atoms with Crippen molar-refractivity contribution < 1.29 is 8.22 Å². The minimum atomic E-state index is -0.351. The summed E-state index contributed by atoms with van der Waals surface area (Å²) in [5.74, 6) is 0. The summed E-state index contributed by atoms with van der Waals surface area (Å²) in [5.41, 5.74) is 6.41. The van der Waals surface area contributed by atoms with E-state index in [1.165, 1.54) is 0 Å². The van der Waals surface area contributed by atoms with Crippen LogP contribution >= 0.6 is 0 Å². The third-order valence-electron chi connectivity index (χ3n) is 8.98. The normalized spacial score (nSPS) is 13.9. The third kappa shape index (κ3) is 3.35. The molecule has 0 N–H and O–H groups in total. The molecule has 210 valence electrons. The third-order valence-corrected chi connectivity index (χ3v) is 8.98. The fraction of sp³-hybridized carbons (Fsp3) is 0. The maximum absolute atomic E-state index is 9.69. The van der Waals surface area contributed by atoms with Crippen LogP contribution in [0.3, 0.4) is 0 Å². The zero-order chi connectivity index (χ0) is 34.7. The molecule has 0 aliphatic heterocycles. The van der Waals surface area contributed by atoms with Crippen molar-refractivity contribution in [2.75, 3.05) is 0 Å². The Morgan fingerprint density at radius 2 is 0.933 bits per heavy atom. The summed E-state index contributed by atoms with van der Waals surface area (Å²) in [7, 11) is 0. The van der Waals surface area contributed by atoms with E-state index in [4.69, 9.17) is 2.74 Å². The highest BCUT2D eigenvalue weighted by molar-refractivity contribution is 6.17. The number of aromatic nitrogens is 3. The molecule has 0 atom stereocenters. The summed E-state index contributed by atoms with van der Waals surface area (Å²) >= 11 is 0. The Morgan fingerprint density at radius 3 is 1.69 bits per heavy atom. The van der Waals surface area contributed by atoms with Gasteiger partial charge in [-0.15, -0.1) is 0 Å². The first-order valence-corrected chi connectivity index (χ1v) is 15.0. The first-order valence-electron chi connectivity index (χ1n) is 18.0. The first-order chi connectivity index (χ1) is 24.9. The van der Waals surface area contributed by atoms with Gasteiger partial charge >= 0.3 is 0 Å². The van der Waals surface area contributed by atoms with Gasteiger partial charge in [-0.3, -0.25) is 0 Å². The Balaban J connectivity index is 1.41. The van der Waals surface area contributed by atoms with Gasteiger partial charge in [-0.1, -0.05) is 97.0 Å². The highest BCUT2D eigenvalue weighted by Gasteiger charge is 2.20. The second-order valence-electron chi connectivity index (χ2n) is 11.3. The number of hydrogen-bond acceptors (Lipinski definition) is 0. The summed E-state index contributed by atoms with van der Waals surface area (Å²) in [6.45, 7) is 0. The van der Waals surface area contributed by atoms with Gasteiger partial charge in [0.25, 0.3) is 0 Å². The summed E-state index contributed by atoms with van der Waals surface area (Å²) in [6.07, 6.45) is 0. The minimum absolute atomic E-state index is 0.00722. The highest BCUT2D eigenvalue weighted by atomic mass is 15.0. The second-order valence-corrected chi connectivity index (χ2v) is 11.3. The molecular formula is C42H27N3. The molecule has 0 saturated heterocycles. The Hall–Kier alpha value is -6.06. The molecule has 0 aliphatic carbocycles. The Bertz CT molecular complexity index is 3050. The monoisotopic (exact) mass is 579 g/mol. The van der Waals surface area contributed by atoms with E-state index in [0.29, 0.717) is 27.7 Å². The highest BCUT2D eigenvalue weighted by Crippen LogP contribution is 2.41. The molecule has 10 rings (SSSR count). The van der Waals surface area contributed by atoms with E-state index in [0.717, 1.165) is 49.3 Å². The van der Waals surface area contributed by atoms with Gasteiger partial charge in [0, 0.05) is 43.7 Å². The van der Waals surface area contributed by atoms with Crippen LogP contribution in [0.5, 0.6) is 0 Å². The van der Waals surface area contributed by atoms with Crippen molar-refractivity contribution in [3.8, 4) is 17.1 Å². The lowest BCUT2D eigenvalue weighted by Gasteiger charge is -2.12. The van der Waals surface area contributed by atoms with Gasteiger partial charge in [-0.25, -0.2) is 0 Å². The van der Waals surface area contributed by atoms with Crippen molar-refractivity contribution >= 4 is 65.4 Å². The molecule has 0 saturated carbocycles. The molecule has 3 aromatic heterocycles. The van der Waals surface area contributed by atoms with Crippen molar-refractivity contribution in [1.82, 2.24) is 13.7 Å². The van der Waals surface area contributed by atoms with Crippen LogP contribution in [0.25, 0.3) is 82.5 Å². The Kier molecular flexibility index (Phi) is 3.95. The molecule has 3 nitrogen and oxygen atoms in total. The lowest BCUT2D eigenvalue weighted by Crippen LogP contribution is -1.97. The van der Waals surface area contributed by atoms with Crippen LogP contribution in [0.1, 0.15) is 8.22 Å². The summed E-state index contributed by atoms with van der Waals surface area (Å²) in [5, 5.41) is 4.67. The summed E-state index contributed by atoms with van der Waals surface area (Å²) < 4.78 is 61.1. The van der Waals surface area contributed by atoms with Gasteiger partial charge in [-0.2, -0.15) is 0 Å². The molecule has 0 bridgehead atoms. The zero-order valence-electron chi connectivity index (χ0n) is 30.0. The quantitative estimate of drug-likeness (QED) is 0.198. The average Bonchev–Trinajstić information content (AvgIpc) is 3.81. The van der Waals surface area contributed by atoms with Crippen LogP contribution in [0.4, 0.5) is 0 Å². The predicted molar refractivity (Wildman–Crippen MR) is 189 cm³/mol. The smallest absolute Gasteiger partial charge is 0.0646 e. The van der Waals surface area contributed by atoms with Crippen LogP contribution < -0.4 is 0 Å². The molecule has 0 radical (unpaired) electrons. The largest absolute Gasteiger partial charge is 0.309 e. The molecule has 0 amide bonds. The lowest BCUT2D eigenvalue weighted by atomic mass is 10.1. The van der Waals surface area contributed by atoms with Crippen LogP contribution in [0.2, 0.25) is 0 Å². The van der Waals surface area contributed by atoms with Gasteiger partial charge in [0.15, 0.2) is 0 Å². The maximum atomic E-state index is 9.69. The minimum Gasteiger partial charge on any atom is -0.309 e. The standard InChI is InChI=1S/C42H27N3/c1-2-13-28(14-3-1)43-38-22-11-7-18-33(38)42-40(43)23-12-24-41(42)45-37-21-10-6-17-32(37)34-27-29(25-26-39(34)45)44-35-19-8-4-15-30(35)31-16-5-9-20-36(31)44/h1-27H/i6D,10D,17D,21D,25D,26D. The number of nitrogens with zero attached hydrogens (tertiary/aromatic N) is 3. The molecule has 0 aliphatic rings. The molecule has 10 aromatic rings. The van der Waals surface area contributed by atoms with E-state index < -0.39 is 0 Å². The zero-order valence-corrected chi connectivity index (χ0v) is 24.0. The van der Waals surface area contributed by atoms with E-state index in [1.54, 1.807) is 4.57 Å². The van der Waals surface area contributed by atoms with Crippen molar-refractivity contribution in [2.45, 2.75) is 0 Å². The van der Waals surface area contributed by atoms with Crippen molar-refractivity contribution in [3.05, 3.63) is 164 Å². The van der Waals surface area contributed by atoms with Gasteiger partial charge in [0.1, 0.15) is 0 Å². The molecule has 0 unspecified atom stereocenters. The van der Waals surface area contributed by atoms with Crippen LogP contribution in [-0.2, 0) is 0 Å². The predicted octanol–water partition coefficient (Wildman–Crippen LogP) is 11.0. The topological polar surface area (TPSA) is 14.8 Å².